The average molecular weight is 384 g/mol. The first kappa shape index (κ1) is 23.4. The van der Waals surface area contributed by atoms with Crippen LogP contribution in [-0.2, 0) is 4.79 Å². The number of nitrogens with zero attached hydrogens (tertiary/aromatic N) is 1. The van der Waals surface area contributed by atoms with Gasteiger partial charge in [0.25, 0.3) is 0 Å². The fraction of sp³-hybridized carbons (Fsp3) is 0.316. The summed E-state index contributed by atoms with van der Waals surface area (Å²) < 4.78 is 0. The van der Waals surface area contributed by atoms with Gasteiger partial charge in [-0.2, -0.15) is 0 Å². The zero-order valence-electron chi connectivity index (χ0n) is 14.6. The minimum Gasteiger partial charge on any atom is -0.353 e. The Labute approximate surface area is 162 Å². The number of rotatable bonds is 7. The van der Waals surface area contributed by atoms with E-state index >= 15 is 0 Å². The smallest absolute Gasteiger partial charge is 0.242 e. The van der Waals surface area contributed by atoms with Gasteiger partial charge in [0.15, 0.2) is 0 Å². The SMILES string of the molecule is CCN(C)C(C(=O)NCC(N)c1ccccc1)c1ccccc1.Cl.Cl. The van der Waals surface area contributed by atoms with Crippen molar-refractivity contribution in [2.75, 3.05) is 20.1 Å². The zero-order valence-corrected chi connectivity index (χ0v) is 16.2. The lowest BCUT2D eigenvalue weighted by molar-refractivity contribution is -0.126. The molecule has 2 aromatic rings. The summed E-state index contributed by atoms with van der Waals surface area (Å²) in [7, 11) is 1.95. The quantitative estimate of drug-likeness (QED) is 0.770. The summed E-state index contributed by atoms with van der Waals surface area (Å²) in [5.74, 6) is -0.0214. The number of nitrogens with two attached hydrogens (primary N) is 1. The number of likely N-dealkylation sites (N-methyl/N-ethyl adjacent to an activating group) is 1. The van der Waals surface area contributed by atoms with Crippen molar-refractivity contribution in [2.24, 2.45) is 5.73 Å². The molecule has 3 N–H and O–H groups in total. The molecule has 25 heavy (non-hydrogen) atoms. The van der Waals surface area contributed by atoms with Crippen LogP contribution in [0.4, 0.5) is 0 Å². The molecule has 0 heterocycles. The van der Waals surface area contributed by atoms with Gasteiger partial charge >= 0.3 is 0 Å². The van der Waals surface area contributed by atoms with E-state index in [4.69, 9.17) is 5.73 Å². The Morgan fingerprint density at radius 2 is 1.48 bits per heavy atom. The molecule has 0 saturated carbocycles. The maximum atomic E-state index is 12.7. The fourth-order valence-corrected chi connectivity index (χ4v) is 2.55. The van der Waals surface area contributed by atoms with Gasteiger partial charge in [0.1, 0.15) is 6.04 Å². The van der Waals surface area contributed by atoms with Crippen LogP contribution in [0.25, 0.3) is 0 Å². The van der Waals surface area contributed by atoms with Crippen molar-refractivity contribution in [3.8, 4) is 0 Å². The Hall–Kier alpha value is -1.59. The monoisotopic (exact) mass is 383 g/mol. The van der Waals surface area contributed by atoms with Gasteiger partial charge in [-0.1, -0.05) is 67.6 Å². The second-order valence-corrected chi connectivity index (χ2v) is 5.65. The summed E-state index contributed by atoms with van der Waals surface area (Å²) >= 11 is 0. The molecule has 0 spiro atoms. The largest absolute Gasteiger partial charge is 0.353 e. The van der Waals surface area contributed by atoms with Crippen LogP contribution in [0.3, 0.4) is 0 Å². The lowest BCUT2D eigenvalue weighted by Crippen LogP contribution is -2.41. The molecule has 1 amide bonds. The molecule has 0 aliphatic heterocycles. The van der Waals surface area contributed by atoms with Crippen molar-refractivity contribution in [1.82, 2.24) is 10.2 Å². The van der Waals surface area contributed by atoms with Crippen molar-refractivity contribution in [1.29, 1.82) is 0 Å². The van der Waals surface area contributed by atoms with Crippen LogP contribution >= 0.6 is 24.8 Å². The average Bonchev–Trinajstić information content (AvgIpc) is 2.61. The maximum Gasteiger partial charge on any atom is 0.242 e. The van der Waals surface area contributed by atoms with Gasteiger partial charge in [-0.15, -0.1) is 24.8 Å². The topological polar surface area (TPSA) is 58.4 Å². The van der Waals surface area contributed by atoms with E-state index in [1.807, 2.05) is 79.5 Å². The first-order valence-corrected chi connectivity index (χ1v) is 7.97. The molecule has 2 aromatic carbocycles. The van der Waals surface area contributed by atoms with Gasteiger partial charge in [0, 0.05) is 12.6 Å². The van der Waals surface area contributed by atoms with Gasteiger partial charge < -0.3 is 11.1 Å². The molecule has 0 aromatic heterocycles. The Morgan fingerprint density at radius 1 is 1.00 bits per heavy atom. The van der Waals surface area contributed by atoms with E-state index in [-0.39, 0.29) is 42.8 Å². The first-order valence-electron chi connectivity index (χ1n) is 7.97. The van der Waals surface area contributed by atoms with Gasteiger partial charge in [-0.05, 0) is 24.7 Å². The minimum absolute atomic E-state index is 0. The third-order valence-corrected chi connectivity index (χ3v) is 4.03. The lowest BCUT2D eigenvalue weighted by Gasteiger charge is -2.27. The number of nitrogens with one attached hydrogen (secondary N) is 1. The summed E-state index contributed by atoms with van der Waals surface area (Å²) in [5.41, 5.74) is 8.17. The zero-order chi connectivity index (χ0) is 16.7. The van der Waals surface area contributed by atoms with Crippen LogP contribution in [0.2, 0.25) is 0 Å². The van der Waals surface area contributed by atoms with Crippen LogP contribution in [0.1, 0.15) is 30.1 Å². The number of carbonyl (C=O) groups is 1. The summed E-state index contributed by atoms with van der Waals surface area (Å²) in [4.78, 5) is 14.7. The molecule has 138 valence electrons. The molecule has 6 heteroatoms. The minimum atomic E-state index is -0.302. The molecule has 0 fully saturated rings. The van der Waals surface area contributed by atoms with Crippen molar-refractivity contribution in [2.45, 2.75) is 19.0 Å². The molecule has 0 aliphatic carbocycles. The number of benzene rings is 2. The van der Waals surface area contributed by atoms with Crippen LogP contribution in [0.15, 0.2) is 60.7 Å². The Kier molecular flexibility index (Phi) is 11.1. The van der Waals surface area contributed by atoms with E-state index < -0.39 is 0 Å². The molecular weight excluding hydrogens is 357 g/mol. The molecule has 0 saturated heterocycles. The number of carbonyl (C=O) groups excluding carboxylic acids is 1. The van der Waals surface area contributed by atoms with Crippen molar-refractivity contribution >= 4 is 30.7 Å². The first-order chi connectivity index (χ1) is 11.1. The van der Waals surface area contributed by atoms with Crippen molar-refractivity contribution < 1.29 is 4.79 Å². The highest BCUT2D eigenvalue weighted by Gasteiger charge is 2.24. The van der Waals surface area contributed by atoms with Crippen LogP contribution in [0.5, 0.6) is 0 Å². The molecule has 2 atom stereocenters. The van der Waals surface area contributed by atoms with E-state index in [0.29, 0.717) is 6.54 Å². The van der Waals surface area contributed by atoms with Crippen molar-refractivity contribution in [3.63, 3.8) is 0 Å². The summed E-state index contributed by atoms with van der Waals surface area (Å²) in [5, 5.41) is 2.99. The summed E-state index contributed by atoms with van der Waals surface area (Å²) in [6.45, 7) is 3.25. The Balaban J connectivity index is 0.00000288. The molecule has 0 aliphatic rings. The second-order valence-electron chi connectivity index (χ2n) is 5.65. The van der Waals surface area contributed by atoms with E-state index in [1.165, 1.54) is 0 Å². The highest BCUT2D eigenvalue weighted by Crippen LogP contribution is 2.19. The number of hydrogen-bond donors (Lipinski definition) is 2. The predicted octanol–water partition coefficient (Wildman–Crippen LogP) is 3.34. The van der Waals surface area contributed by atoms with E-state index in [0.717, 1.165) is 17.7 Å². The predicted molar refractivity (Wildman–Crippen MR) is 108 cm³/mol. The number of halogens is 2. The Morgan fingerprint density at radius 3 is 1.96 bits per heavy atom. The van der Waals surface area contributed by atoms with E-state index in [9.17, 15) is 4.79 Å². The molecular formula is C19H27Cl2N3O. The van der Waals surface area contributed by atoms with Crippen LogP contribution < -0.4 is 11.1 Å². The summed E-state index contributed by atoms with van der Waals surface area (Å²) in [6.07, 6.45) is 0. The molecule has 2 rings (SSSR count). The standard InChI is InChI=1S/C19H25N3O.2ClH/c1-3-22(2)18(16-12-8-5-9-13-16)19(23)21-14-17(20)15-10-6-4-7-11-15;;/h4-13,17-18H,3,14,20H2,1-2H3,(H,21,23);2*1H. The normalized spacial score (nSPS) is 12.5. The van der Waals surface area contributed by atoms with Gasteiger partial charge in [-0.3, -0.25) is 9.69 Å². The maximum absolute atomic E-state index is 12.7. The van der Waals surface area contributed by atoms with Crippen LogP contribution in [-0.4, -0.2) is 30.9 Å². The van der Waals surface area contributed by atoms with E-state index in [2.05, 4.69) is 5.32 Å². The third-order valence-electron chi connectivity index (χ3n) is 4.03. The lowest BCUT2D eigenvalue weighted by atomic mass is 10.0. The van der Waals surface area contributed by atoms with Crippen molar-refractivity contribution in [3.05, 3.63) is 71.8 Å². The summed E-state index contributed by atoms with van der Waals surface area (Å²) in [6, 6.07) is 19.1. The highest BCUT2D eigenvalue weighted by molar-refractivity contribution is 5.85. The molecule has 0 bridgehead atoms. The second kappa shape index (κ2) is 11.9. The fourth-order valence-electron chi connectivity index (χ4n) is 2.55. The third kappa shape index (κ3) is 6.67. The van der Waals surface area contributed by atoms with Gasteiger partial charge in [0.05, 0.1) is 0 Å². The number of hydrogen-bond acceptors (Lipinski definition) is 3. The van der Waals surface area contributed by atoms with Crippen LogP contribution in [0, 0.1) is 0 Å². The molecule has 4 nitrogen and oxygen atoms in total. The van der Waals surface area contributed by atoms with E-state index in [1.54, 1.807) is 0 Å². The van der Waals surface area contributed by atoms with Gasteiger partial charge in [0.2, 0.25) is 5.91 Å². The Bertz CT molecular complexity index is 611. The highest BCUT2D eigenvalue weighted by atomic mass is 35.5. The van der Waals surface area contributed by atoms with Gasteiger partial charge in [-0.25, -0.2) is 0 Å². The number of amides is 1. The molecule has 2 unspecified atom stereocenters. The molecule has 0 radical (unpaired) electrons.